The van der Waals surface area contributed by atoms with E-state index < -0.39 is 8.07 Å². The monoisotopic (exact) mass is 424 g/mol. The fourth-order valence-electron chi connectivity index (χ4n) is 4.19. The highest BCUT2D eigenvalue weighted by Gasteiger charge is 2.50. The van der Waals surface area contributed by atoms with Crippen molar-refractivity contribution in [2.75, 3.05) is 0 Å². The molecule has 0 unspecified atom stereocenters. The molecule has 0 aliphatic rings. The van der Waals surface area contributed by atoms with Crippen LogP contribution in [0.2, 0.25) is 5.04 Å². The summed E-state index contributed by atoms with van der Waals surface area (Å²) in [6.45, 7) is 7.04. The molecule has 0 heterocycles. The first kappa shape index (κ1) is 19.1. The molecule has 3 heteroatoms. The van der Waals surface area contributed by atoms with Crippen molar-refractivity contribution in [3.63, 3.8) is 0 Å². The number of rotatable bonds is 4. The average Bonchev–Trinajstić information content (AvgIpc) is 2.64. The van der Waals surface area contributed by atoms with Crippen molar-refractivity contribution >= 4 is 39.6 Å². The standard InChI is InChI=1S/C23H25BrOSi/c1-23(2,3)26(19-12-6-4-7-13-19,20-14-8-5-9-15-20)22-18(17-25)11-10-16-21(22)24/h4-16,25H,17H2,1-3H3. The summed E-state index contributed by atoms with van der Waals surface area (Å²) in [7, 11) is -2.44. The van der Waals surface area contributed by atoms with E-state index in [1.54, 1.807) is 0 Å². The SMILES string of the molecule is CC(C)(C)[Si](c1ccccc1)(c1ccccc1)c1c(Br)cccc1CO. The summed E-state index contributed by atoms with van der Waals surface area (Å²) in [6.07, 6.45) is 0. The van der Waals surface area contributed by atoms with E-state index in [2.05, 4.69) is 109 Å². The maximum Gasteiger partial charge on any atom is 0.155 e. The van der Waals surface area contributed by atoms with Crippen LogP contribution >= 0.6 is 15.9 Å². The maximum absolute atomic E-state index is 10.2. The van der Waals surface area contributed by atoms with Gasteiger partial charge in [0.05, 0.1) is 6.61 Å². The lowest BCUT2D eigenvalue weighted by Gasteiger charge is -2.46. The van der Waals surface area contributed by atoms with Crippen molar-refractivity contribution in [3.05, 3.63) is 88.9 Å². The number of hydrogen-bond donors (Lipinski definition) is 1. The molecular weight excluding hydrogens is 400 g/mol. The molecule has 1 nitrogen and oxygen atoms in total. The second kappa shape index (κ2) is 7.51. The van der Waals surface area contributed by atoms with Crippen LogP contribution in [0.1, 0.15) is 26.3 Å². The summed E-state index contributed by atoms with van der Waals surface area (Å²) >= 11 is 3.83. The third kappa shape index (κ3) is 3.09. The molecule has 0 fully saturated rings. The lowest BCUT2D eigenvalue weighted by molar-refractivity contribution is 0.282. The van der Waals surface area contributed by atoms with Crippen LogP contribution in [0, 0.1) is 0 Å². The van der Waals surface area contributed by atoms with Crippen LogP contribution in [-0.2, 0) is 6.61 Å². The lowest BCUT2D eigenvalue weighted by Crippen LogP contribution is -2.73. The lowest BCUT2D eigenvalue weighted by atomic mass is 10.2. The van der Waals surface area contributed by atoms with Gasteiger partial charge in [0, 0.05) is 4.47 Å². The summed E-state index contributed by atoms with van der Waals surface area (Å²) < 4.78 is 1.08. The van der Waals surface area contributed by atoms with Crippen molar-refractivity contribution in [1.29, 1.82) is 0 Å². The molecule has 0 radical (unpaired) electrons. The summed E-state index contributed by atoms with van der Waals surface area (Å²) in [5.74, 6) is 0. The first-order chi connectivity index (χ1) is 12.4. The quantitative estimate of drug-likeness (QED) is 0.491. The molecule has 0 saturated carbocycles. The van der Waals surface area contributed by atoms with Gasteiger partial charge in [-0.2, -0.15) is 0 Å². The zero-order valence-electron chi connectivity index (χ0n) is 15.5. The molecule has 3 rings (SSSR count). The number of aliphatic hydroxyl groups is 1. The maximum atomic E-state index is 10.2. The average molecular weight is 425 g/mol. The molecule has 0 atom stereocenters. The molecule has 134 valence electrons. The number of aliphatic hydroxyl groups excluding tert-OH is 1. The Kier molecular flexibility index (Phi) is 5.52. The Morgan fingerprint density at radius 2 is 1.27 bits per heavy atom. The molecule has 0 aliphatic carbocycles. The summed E-state index contributed by atoms with van der Waals surface area (Å²) in [6, 6.07) is 27.8. The molecule has 0 bridgehead atoms. The van der Waals surface area contributed by atoms with Crippen LogP contribution in [-0.4, -0.2) is 13.2 Å². The fraction of sp³-hybridized carbons (Fsp3) is 0.217. The van der Waals surface area contributed by atoms with Gasteiger partial charge < -0.3 is 5.11 Å². The molecule has 0 aromatic heterocycles. The number of halogens is 1. The molecule has 0 saturated heterocycles. The van der Waals surface area contributed by atoms with Crippen LogP contribution in [0.3, 0.4) is 0 Å². The first-order valence-corrected chi connectivity index (χ1v) is 11.7. The van der Waals surface area contributed by atoms with Gasteiger partial charge in [0.2, 0.25) is 0 Å². The highest BCUT2D eigenvalue weighted by Crippen LogP contribution is 2.37. The first-order valence-electron chi connectivity index (χ1n) is 8.92. The van der Waals surface area contributed by atoms with Gasteiger partial charge in [-0.25, -0.2) is 0 Å². The Hall–Kier alpha value is -1.68. The molecule has 26 heavy (non-hydrogen) atoms. The van der Waals surface area contributed by atoms with Crippen LogP contribution in [0.15, 0.2) is 83.3 Å². The third-order valence-electron chi connectivity index (χ3n) is 5.18. The van der Waals surface area contributed by atoms with Gasteiger partial charge in [-0.05, 0) is 32.2 Å². The molecule has 0 spiro atoms. The normalized spacial score (nSPS) is 12.2. The van der Waals surface area contributed by atoms with Gasteiger partial charge in [-0.3, -0.25) is 0 Å². The Morgan fingerprint density at radius 1 is 0.769 bits per heavy atom. The highest BCUT2D eigenvalue weighted by molar-refractivity contribution is 9.10. The second-order valence-electron chi connectivity index (χ2n) is 7.66. The van der Waals surface area contributed by atoms with Crippen LogP contribution in [0.5, 0.6) is 0 Å². The number of hydrogen-bond acceptors (Lipinski definition) is 1. The van der Waals surface area contributed by atoms with E-state index in [0.717, 1.165) is 10.0 Å². The van der Waals surface area contributed by atoms with Gasteiger partial charge >= 0.3 is 0 Å². The minimum atomic E-state index is -2.44. The molecule has 3 aromatic carbocycles. The van der Waals surface area contributed by atoms with E-state index in [1.807, 2.05) is 6.07 Å². The molecule has 1 N–H and O–H groups in total. The smallest absolute Gasteiger partial charge is 0.155 e. The van der Waals surface area contributed by atoms with Crippen molar-refractivity contribution in [2.45, 2.75) is 32.4 Å². The van der Waals surface area contributed by atoms with Gasteiger partial charge in [-0.15, -0.1) is 0 Å². The second-order valence-corrected chi connectivity index (χ2v) is 13.2. The van der Waals surface area contributed by atoms with Gasteiger partial charge in [0.15, 0.2) is 8.07 Å². The third-order valence-corrected chi connectivity index (χ3v) is 12.2. The molecule has 0 aliphatic heterocycles. The summed E-state index contributed by atoms with van der Waals surface area (Å²) in [5.41, 5.74) is 1.01. The minimum absolute atomic E-state index is 0.00347. The Balaban J connectivity index is 2.52. The van der Waals surface area contributed by atoms with Gasteiger partial charge in [0.25, 0.3) is 0 Å². The predicted octanol–water partition coefficient (Wildman–Crippen LogP) is 4.21. The van der Waals surface area contributed by atoms with Crippen molar-refractivity contribution in [2.24, 2.45) is 0 Å². The van der Waals surface area contributed by atoms with E-state index in [4.69, 9.17) is 0 Å². The van der Waals surface area contributed by atoms with Gasteiger partial charge in [-0.1, -0.05) is 109 Å². The molecular formula is C23H25BrOSi. The minimum Gasteiger partial charge on any atom is -0.392 e. The zero-order valence-corrected chi connectivity index (χ0v) is 18.1. The van der Waals surface area contributed by atoms with Crippen LogP contribution in [0.25, 0.3) is 0 Å². The molecule has 3 aromatic rings. The van der Waals surface area contributed by atoms with Crippen molar-refractivity contribution in [1.82, 2.24) is 0 Å². The zero-order chi connectivity index (χ0) is 18.8. The summed E-state index contributed by atoms with van der Waals surface area (Å²) in [4.78, 5) is 0. The Morgan fingerprint density at radius 3 is 1.69 bits per heavy atom. The number of benzene rings is 3. The van der Waals surface area contributed by atoms with Gasteiger partial charge in [0.1, 0.15) is 0 Å². The van der Waals surface area contributed by atoms with E-state index >= 15 is 0 Å². The molecule has 0 amide bonds. The fourth-order valence-corrected chi connectivity index (χ4v) is 11.4. The summed E-state index contributed by atoms with van der Waals surface area (Å²) in [5, 5.41) is 14.2. The van der Waals surface area contributed by atoms with E-state index in [9.17, 15) is 5.11 Å². The predicted molar refractivity (Wildman–Crippen MR) is 117 cm³/mol. The van der Waals surface area contributed by atoms with E-state index in [-0.39, 0.29) is 11.6 Å². The topological polar surface area (TPSA) is 20.2 Å². The van der Waals surface area contributed by atoms with Crippen LogP contribution in [0.4, 0.5) is 0 Å². The van der Waals surface area contributed by atoms with E-state index in [1.165, 1.54) is 15.6 Å². The van der Waals surface area contributed by atoms with Crippen molar-refractivity contribution in [3.8, 4) is 0 Å². The highest BCUT2D eigenvalue weighted by atomic mass is 79.9. The van der Waals surface area contributed by atoms with Crippen LogP contribution < -0.4 is 15.6 Å². The Bertz CT molecular complexity index is 830. The Labute approximate surface area is 165 Å². The van der Waals surface area contributed by atoms with Crippen molar-refractivity contribution < 1.29 is 5.11 Å². The largest absolute Gasteiger partial charge is 0.392 e. The van der Waals surface area contributed by atoms with E-state index in [0.29, 0.717) is 0 Å².